The van der Waals surface area contributed by atoms with Crippen LogP contribution in [0.3, 0.4) is 0 Å². The summed E-state index contributed by atoms with van der Waals surface area (Å²) in [6, 6.07) is 23.0. The molecular formula is C30H33FN6O. The summed E-state index contributed by atoms with van der Waals surface area (Å²) >= 11 is 0. The van der Waals surface area contributed by atoms with E-state index >= 15 is 0 Å². The van der Waals surface area contributed by atoms with E-state index in [0.29, 0.717) is 25.0 Å². The Bertz CT molecular complexity index is 1600. The first-order valence-corrected chi connectivity index (χ1v) is 13.4. The highest BCUT2D eigenvalue weighted by Gasteiger charge is 2.27. The van der Waals surface area contributed by atoms with Gasteiger partial charge in [0.1, 0.15) is 5.82 Å². The van der Waals surface area contributed by atoms with E-state index in [1.165, 1.54) is 12.1 Å². The molecule has 2 unspecified atom stereocenters. The molecule has 0 spiro atoms. The minimum Gasteiger partial charge on any atom is -0.353 e. The predicted octanol–water partition coefficient (Wildman–Crippen LogP) is 5.08. The third-order valence-corrected chi connectivity index (χ3v) is 7.75. The molecule has 0 amide bonds. The number of rotatable bonds is 8. The first-order valence-electron chi connectivity index (χ1n) is 13.4. The van der Waals surface area contributed by atoms with E-state index < -0.39 is 0 Å². The zero-order valence-corrected chi connectivity index (χ0v) is 21.6. The lowest BCUT2D eigenvalue weighted by Crippen LogP contribution is -2.46. The second-order valence-corrected chi connectivity index (χ2v) is 10.4. The van der Waals surface area contributed by atoms with Crippen molar-refractivity contribution in [3.63, 3.8) is 0 Å². The van der Waals surface area contributed by atoms with E-state index in [1.54, 1.807) is 0 Å². The number of hydrogen-bond acceptors (Lipinski definition) is 4. The summed E-state index contributed by atoms with van der Waals surface area (Å²) in [5, 5.41) is 3.75. The largest absolute Gasteiger partial charge is 0.353 e. The van der Waals surface area contributed by atoms with Crippen molar-refractivity contribution in [2.24, 2.45) is 5.92 Å². The number of aromatic nitrogens is 4. The number of aryl methyl sites for hydroxylation is 1. The normalized spacial score (nSPS) is 18.4. The highest BCUT2D eigenvalue weighted by molar-refractivity contribution is 5.79. The molecule has 0 saturated carbocycles. The van der Waals surface area contributed by atoms with Crippen LogP contribution < -0.4 is 11.0 Å². The number of nitrogens with zero attached hydrogens (tertiary/aromatic N) is 4. The molecule has 0 aliphatic carbocycles. The molecule has 3 heterocycles. The number of piperidine rings is 1. The van der Waals surface area contributed by atoms with Crippen molar-refractivity contribution in [1.82, 2.24) is 24.0 Å². The number of nitrogens with one attached hydrogen (secondary N) is 2. The van der Waals surface area contributed by atoms with Crippen LogP contribution in [-0.4, -0.2) is 49.7 Å². The molecule has 2 N–H and O–H groups in total. The molecule has 2 atom stereocenters. The van der Waals surface area contributed by atoms with E-state index in [2.05, 4.69) is 32.8 Å². The third-order valence-electron chi connectivity index (χ3n) is 7.75. The molecule has 0 bridgehead atoms. The van der Waals surface area contributed by atoms with Crippen molar-refractivity contribution >= 4 is 28.0 Å². The second kappa shape index (κ2) is 10.5. The summed E-state index contributed by atoms with van der Waals surface area (Å²) in [5.41, 5.74) is 4.88. The zero-order valence-electron chi connectivity index (χ0n) is 21.6. The van der Waals surface area contributed by atoms with Crippen LogP contribution in [0.4, 0.5) is 10.3 Å². The minimum atomic E-state index is -0.225. The first-order chi connectivity index (χ1) is 18.5. The van der Waals surface area contributed by atoms with Crippen molar-refractivity contribution in [2.75, 3.05) is 25.0 Å². The minimum absolute atomic E-state index is 0.0361. The van der Waals surface area contributed by atoms with E-state index in [1.807, 2.05) is 59.2 Å². The monoisotopic (exact) mass is 512 g/mol. The van der Waals surface area contributed by atoms with E-state index in [-0.39, 0.29) is 11.5 Å². The van der Waals surface area contributed by atoms with Gasteiger partial charge < -0.3 is 19.8 Å². The quantitative estimate of drug-likeness (QED) is 0.304. The molecule has 3 aromatic carbocycles. The van der Waals surface area contributed by atoms with Crippen LogP contribution in [0.15, 0.2) is 77.6 Å². The number of para-hydroxylation sites is 4. The lowest BCUT2D eigenvalue weighted by atomic mass is 9.94. The van der Waals surface area contributed by atoms with Gasteiger partial charge in [0.25, 0.3) is 0 Å². The average Bonchev–Trinajstić information content (AvgIpc) is 3.43. The molecule has 8 heteroatoms. The third kappa shape index (κ3) is 4.96. The molecular weight excluding hydrogens is 479 g/mol. The van der Waals surface area contributed by atoms with Gasteiger partial charge in [0, 0.05) is 25.7 Å². The molecule has 0 radical (unpaired) electrons. The van der Waals surface area contributed by atoms with Crippen LogP contribution in [-0.2, 0) is 13.1 Å². The van der Waals surface area contributed by atoms with Crippen molar-refractivity contribution in [3.05, 3.63) is 94.7 Å². The van der Waals surface area contributed by atoms with Gasteiger partial charge in [-0.3, -0.25) is 4.57 Å². The van der Waals surface area contributed by atoms with Gasteiger partial charge in [0.2, 0.25) is 5.95 Å². The lowest BCUT2D eigenvalue weighted by molar-refractivity contribution is 0.167. The number of imidazole rings is 2. The van der Waals surface area contributed by atoms with Gasteiger partial charge in [-0.15, -0.1) is 0 Å². The molecule has 2 aromatic heterocycles. The van der Waals surface area contributed by atoms with Gasteiger partial charge in [-0.25, -0.2) is 14.2 Å². The van der Waals surface area contributed by atoms with Gasteiger partial charge in [0.15, 0.2) is 0 Å². The number of likely N-dealkylation sites (tertiary alicyclic amines) is 1. The van der Waals surface area contributed by atoms with Crippen LogP contribution >= 0.6 is 0 Å². The van der Waals surface area contributed by atoms with Crippen LogP contribution in [0, 0.1) is 11.7 Å². The summed E-state index contributed by atoms with van der Waals surface area (Å²) in [6.07, 6.45) is 1.95. The zero-order chi connectivity index (χ0) is 26.1. The van der Waals surface area contributed by atoms with Crippen molar-refractivity contribution in [2.45, 2.75) is 38.9 Å². The summed E-state index contributed by atoms with van der Waals surface area (Å²) < 4.78 is 17.5. The standard InChI is InChI=1S/C30H33FN6O/c1-21-19-35(16-6-17-36-27-9-4-3-8-26(27)34-30(36)38)18-15-24(21)32-29-33-25-7-2-5-10-28(25)37(29)20-22-11-13-23(31)14-12-22/h2-5,7-14,21,24H,6,15-20H2,1H3,(H,32,33)(H,34,38). The van der Waals surface area contributed by atoms with E-state index in [9.17, 15) is 9.18 Å². The highest BCUT2D eigenvalue weighted by Crippen LogP contribution is 2.26. The maximum Gasteiger partial charge on any atom is 0.326 e. The number of hydrogen-bond donors (Lipinski definition) is 2. The molecule has 196 valence electrons. The fraction of sp³-hybridized carbons (Fsp3) is 0.333. The Morgan fingerprint density at radius 3 is 2.55 bits per heavy atom. The summed E-state index contributed by atoms with van der Waals surface area (Å²) in [7, 11) is 0. The van der Waals surface area contributed by atoms with Gasteiger partial charge in [0.05, 0.1) is 28.6 Å². The molecule has 5 aromatic rings. The number of halogens is 1. The second-order valence-electron chi connectivity index (χ2n) is 10.4. The number of anilines is 1. The lowest BCUT2D eigenvalue weighted by Gasteiger charge is -2.37. The smallest absolute Gasteiger partial charge is 0.326 e. The van der Waals surface area contributed by atoms with Crippen molar-refractivity contribution in [3.8, 4) is 0 Å². The maximum atomic E-state index is 13.5. The van der Waals surface area contributed by atoms with Crippen LogP contribution in [0.2, 0.25) is 0 Å². The molecule has 1 aliphatic heterocycles. The number of aromatic amines is 1. The van der Waals surface area contributed by atoms with Crippen LogP contribution in [0.25, 0.3) is 22.1 Å². The average molecular weight is 513 g/mol. The molecule has 38 heavy (non-hydrogen) atoms. The predicted molar refractivity (Wildman–Crippen MR) is 150 cm³/mol. The SMILES string of the molecule is CC1CN(CCCn2c(=O)[nH]c3ccccc32)CCC1Nc1nc2ccccc2n1Cc1ccc(F)cc1. The van der Waals surface area contributed by atoms with E-state index in [4.69, 9.17) is 4.98 Å². The van der Waals surface area contributed by atoms with Gasteiger partial charge in [-0.05, 0) is 67.3 Å². The number of fused-ring (bicyclic) bond motifs is 2. The molecule has 1 aliphatic rings. The Labute approximate surface area is 220 Å². The van der Waals surface area contributed by atoms with Crippen LogP contribution in [0.1, 0.15) is 25.3 Å². The van der Waals surface area contributed by atoms with Crippen molar-refractivity contribution < 1.29 is 4.39 Å². The number of H-pyrrole nitrogens is 1. The van der Waals surface area contributed by atoms with Crippen molar-refractivity contribution in [1.29, 1.82) is 0 Å². The van der Waals surface area contributed by atoms with Gasteiger partial charge in [-0.1, -0.05) is 43.3 Å². The number of benzene rings is 3. The molecule has 1 fully saturated rings. The Balaban J connectivity index is 1.10. The summed E-state index contributed by atoms with van der Waals surface area (Å²) in [4.78, 5) is 22.7. The van der Waals surface area contributed by atoms with Gasteiger partial charge in [-0.2, -0.15) is 0 Å². The maximum absolute atomic E-state index is 13.5. The first kappa shape index (κ1) is 24.4. The fourth-order valence-electron chi connectivity index (χ4n) is 5.71. The fourth-order valence-corrected chi connectivity index (χ4v) is 5.71. The van der Waals surface area contributed by atoms with E-state index in [0.717, 1.165) is 66.1 Å². The Kier molecular flexibility index (Phi) is 6.72. The van der Waals surface area contributed by atoms with Crippen LogP contribution in [0.5, 0.6) is 0 Å². The molecule has 6 rings (SSSR count). The van der Waals surface area contributed by atoms with Gasteiger partial charge >= 0.3 is 5.69 Å². The summed E-state index contributed by atoms with van der Waals surface area (Å²) in [5.74, 6) is 1.08. The Morgan fingerprint density at radius 2 is 1.74 bits per heavy atom. The highest BCUT2D eigenvalue weighted by atomic mass is 19.1. The summed E-state index contributed by atoms with van der Waals surface area (Å²) in [6.45, 7) is 6.60. The Morgan fingerprint density at radius 1 is 0.974 bits per heavy atom. The Hall–Kier alpha value is -3.91. The topological polar surface area (TPSA) is 70.9 Å². The molecule has 7 nitrogen and oxygen atoms in total. The molecule has 1 saturated heterocycles.